The van der Waals surface area contributed by atoms with Crippen LogP contribution in [0.2, 0.25) is 0 Å². The van der Waals surface area contributed by atoms with Gasteiger partial charge < -0.3 is 11.1 Å². The first-order chi connectivity index (χ1) is 6.60. The first-order valence-electron chi connectivity index (χ1n) is 5.59. The van der Waals surface area contributed by atoms with Crippen molar-refractivity contribution in [1.82, 2.24) is 5.32 Å². The lowest BCUT2D eigenvalue weighted by Gasteiger charge is -2.17. The van der Waals surface area contributed by atoms with Gasteiger partial charge in [0.15, 0.2) is 0 Å². The average molecular weight is 237 g/mol. The van der Waals surface area contributed by atoms with E-state index in [-0.39, 0.29) is 24.4 Å². The van der Waals surface area contributed by atoms with Crippen molar-refractivity contribution >= 4 is 18.3 Å². The van der Waals surface area contributed by atoms with Crippen LogP contribution in [-0.2, 0) is 4.79 Å². The minimum atomic E-state index is 0. The Hall–Kier alpha value is -0.280. The quantitative estimate of drug-likeness (QED) is 0.711. The second-order valence-corrected chi connectivity index (χ2v) is 4.24. The van der Waals surface area contributed by atoms with Crippen molar-refractivity contribution < 1.29 is 4.79 Å². The van der Waals surface area contributed by atoms with Gasteiger partial charge in [0.2, 0.25) is 5.91 Å². The molecule has 0 aromatic heterocycles. The Morgan fingerprint density at radius 2 is 2.00 bits per heavy atom. The topological polar surface area (TPSA) is 55.1 Å². The van der Waals surface area contributed by atoms with E-state index in [1.807, 2.05) is 13.8 Å². The van der Waals surface area contributed by atoms with E-state index in [0.717, 1.165) is 19.3 Å². The van der Waals surface area contributed by atoms with Crippen LogP contribution in [0.15, 0.2) is 0 Å². The Morgan fingerprint density at radius 3 is 2.40 bits per heavy atom. The number of carbonyl (C=O) groups is 1. The Bertz CT molecular complexity index is 163. The molecule has 4 heteroatoms. The van der Waals surface area contributed by atoms with E-state index in [0.29, 0.717) is 18.9 Å². The lowest BCUT2D eigenvalue weighted by atomic mass is 10.1. The number of hydrogen-bond acceptors (Lipinski definition) is 2. The molecule has 3 nitrogen and oxygen atoms in total. The predicted molar refractivity (Wildman–Crippen MR) is 67.2 cm³/mol. The molecule has 1 unspecified atom stereocenters. The van der Waals surface area contributed by atoms with Crippen molar-refractivity contribution in [2.45, 2.75) is 52.5 Å². The SMILES string of the molecule is CCCCC(CN)NC(=O)CC(C)C.Cl. The lowest BCUT2D eigenvalue weighted by molar-refractivity contribution is -0.122. The highest BCUT2D eigenvalue weighted by Crippen LogP contribution is 2.02. The summed E-state index contributed by atoms with van der Waals surface area (Å²) < 4.78 is 0. The molecular weight excluding hydrogens is 212 g/mol. The van der Waals surface area contributed by atoms with Gasteiger partial charge in [-0.2, -0.15) is 0 Å². The summed E-state index contributed by atoms with van der Waals surface area (Å²) in [4.78, 5) is 11.4. The van der Waals surface area contributed by atoms with E-state index >= 15 is 0 Å². The van der Waals surface area contributed by atoms with Crippen molar-refractivity contribution in [1.29, 1.82) is 0 Å². The first kappa shape index (κ1) is 17.1. The molecule has 15 heavy (non-hydrogen) atoms. The standard InChI is InChI=1S/C11H24N2O.ClH/c1-4-5-6-10(8-12)13-11(14)7-9(2)3;/h9-10H,4-8,12H2,1-3H3,(H,13,14);1H. The van der Waals surface area contributed by atoms with Gasteiger partial charge in [-0.3, -0.25) is 4.79 Å². The van der Waals surface area contributed by atoms with Crippen LogP contribution in [0.3, 0.4) is 0 Å². The van der Waals surface area contributed by atoms with Crippen molar-refractivity contribution in [3.8, 4) is 0 Å². The Kier molecular flexibility index (Phi) is 11.7. The summed E-state index contributed by atoms with van der Waals surface area (Å²) in [6.45, 7) is 6.78. The molecule has 0 heterocycles. The van der Waals surface area contributed by atoms with E-state index in [2.05, 4.69) is 12.2 Å². The molecule has 0 bridgehead atoms. The molecule has 0 aromatic rings. The van der Waals surface area contributed by atoms with Crippen LogP contribution in [0.4, 0.5) is 0 Å². The third-order valence-electron chi connectivity index (χ3n) is 2.15. The van der Waals surface area contributed by atoms with Gasteiger partial charge in [-0.15, -0.1) is 12.4 Å². The van der Waals surface area contributed by atoms with Gasteiger partial charge in [0.25, 0.3) is 0 Å². The number of rotatable bonds is 7. The van der Waals surface area contributed by atoms with Gasteiger partial charge in [-0.05, 0) is 12.3 Å². The number of halogens is 1. The van der Waals surface area contributed by atoms with E-state index in [1.54, 1.807) is 0 Å². The molecule has 0 saturated carbocycles. The van der Waals surface area contributed by atoms with Gasteiger partial charge in [-0.1, -0.05) is 33.6 Å². The molecule has 0 rings (SSSR count). The van der Waals surface area contributed by atoms with Gasteiger partial charge >= 0.3 is 0 Å². The summed E-state index contributed by atoms with van der Waals surface area (Å²) in [7, 11) is 0. The molecule has 0 radical (unpaired) electrons. The molecule has 0 aliphatic carbocycles. The lowest BCUT2D eigenvalue weighted by Crippen LogP contribution is -2.40. The zero-order chi connectivity index (χ0) is 11.0. The van der Waals surface area contributed by atoms with Crippen LogP contribution in [0.25, 0.3) is 0 Å². The summed E-state index contributed by atoms with van der Waals surface area (Å²) in [6.07, 6.45) is 3.87. The van der Waals surface area contributed by atoms with Gasteiger partial charge in [0, 0.05) is 19.0 Å². The molecule has 3 N–H and O–H groups in total. The molecular formula is C11H25ClN2O. The summed E-state index contributed by atoms with van der Waals surface area (Å²) >= 11 is 0. The van der Waals surface area contributed by atoms with E-state index in [9.17, 15) is 4.79 Å². The van der Waals surface area contributed by atoms with Crippen molar-refractivity contribution in [3.63, 3.8) is 0 Å². The largest absolute Gasteiger partial charge is 0.352 e. The summed E-state index contributed by atoms with van der Waals surface area (Å²) in [5, 5.41) is 2.97. The van der Waals surface area contributed by atoms with Crippen LogP contribution in [0, 0.1) is 5.92 Å². The molecule has 0 aliphatic heterocycles. The number of nitrogens with one attached hydrogen (secondary N) is 1. The molecule has 0 aromatic carbocycles. The minimum absolute atomic E-state index is 0. The fraction of sp³-hybridized carbons (Fsp3) is 0.909. The fourth-order valence-electron chi connectivity index (χ4n) is 1.36. The summed E-state index contributed by atoms with van der Waals surface area (Å²) in [5.74, 6) is 0.547. The maximum absolute atomic E-state index is 11.4. The van der Waals surface area contributed by atoms with Crippen LogP contribution in [0.5, 0.6) is 0 Å². The van der Waals surface area contributed by atoms with Crippen LogP contribution >= 0.6 is 12.4 Å². The number of nitrogens with two attached hydrogens (primary N) is 1. The number of amides is 1. The average Bonchev–Trinajstić information content (AvgIpc) is 2.10. The summed E-state index contributed by atoms with van der Waals surface area (Å²) in [6, 6.07) is 0.168. The highest BCUT2D eigenvalue weighted by molar-refractivity contribution is 5.85. The maximum Gasteiger partial charge on any atom is 0.220 e. The second-order valence-electron chi connectivity index (χ2n) is 4.24. The zero-order valence-electron chi connectivity index (χ0n) is 10.1. The van der Waals surface area contributed by atoms with Gasteiger partial charge in [0.05, 0.1) is 0 Å². The molecule has 0 saturated heterocycles. The Balaban J connectivity index is 0. The van der Waals surface area contributed by atoms with Crippen LogP contribution in [-0.4, -0.2) is 18.5 Å². The summed E-state index contributed by atoms with van der Waals surface area (Å²) in [5.41, 5.74) is 5.58. The van der Waals surface area contributed by atoms with Crippen molar-refractivity contribution in [3.05, 3.63) is 0 Å². The Morgan fingerprint density at radius 1 is 1.40 bits per heavy atom. The molecule has 1 atom stereocenters. The highest BCUT2D eigenvalue weighted by Gasteiger charge is 2.10. The number of carbonyl (C=O) groups excluding carboxylic acids is 1. The predicted octanol–water partition coefficient (Wildman–Crippen LogP) is 2.09. The highest BCUT2D eigenvalue weighted by atomic mass is 35.5. The van der Waals surface area contributed by atoms with Crippen LogP contribution in [0.1, 0.15) is 46.5 Å². The van der Waals surface area contributed by atoms with Crippen LogP contribution < -0.4 is 11.1 Å². The van der Waals surface area contributed by atoms with Crippen molar-refractivity contribution in [2.75, 3.05) is 6.54 Å². The fourth-order valence-corrected chi connectivity index (χ4v) is 1.36. The third-order valence-corrected chi connectivity index (χ3v) is 2.15. The maximum atomic E-state index is 11.4. The molecule has 1 amide bonds. The zero-order valence-corrected chi connectivity index (χ0v) is 10.9. The van der Waals surface area contributed by atoms with E-state index in [1.165, 1.54) is 0 Å². The van der Waals surface area contributed by atoms with Gasteiger partial charge in [-0.25, -0.2) is 0 Å². The third kappa shape index (κ3) is 10.0. The monoisotopic (exact) mass is 236 g/mol. The smallest absolute Gasteiger partial charge is 0.220 e. The van der Waals surface area contributed by atoms with Gasteiger partial charge in [0.1, 0.15) is 0 Å². The molecule has 0 aliphatic rings. The molecule has 0 fully saturated rings. The molecule has 92 valence electrons. The van der Waals surface area contributed by atoms with E-state index < -0.39 is 0 Å². The second kappa shape index (κ2) is 10.2. The first-order valence-corrected chi connectivity index (χ1v) is 5.59. The number of hydrogen-bond donors (Lipinski definition) is 2. The molecule has 0 spiro atoms. The normalized spacial score (nSPS) is 12.1. The van der Waals surface area contributed by atoms with Crippen molar-refractivity contribution in [2.24, 2.45) is 11.7 Å². The number of unbranched alkanes of at least 4 members (excludes halogenated alkanes) is 1. The minimum Gasteiger partial charge on any atom is -0.352 e. The van der Waals surface area contributed by atoms with E-state index in [4.69, 9.17) is 5.73 Å². The Labute approximate surface area is 99.6 Å².